The summed E-state index contributed by atoms with van der Waals surface area (Å²) in [7, 11) is 0. The van der Waals surface area contributed by atoms with Gasteiger partial charge in [0.25, 0.3) is 0 Å². The van der Waals surface area contributed by atoms with Crippen LogP contribution in [0.2, 0.25) is 0 Å². The molecule has 0 aliphatic rings. The van der Waals surface area contributed by atoms with E-state index in [1.807, 2.05) is 18.2 Å². The molecule has 40 heavy (non-hydrogen) atoms. The molecule has 2 unspecified atom stereocenters. The lowest BCUT2D eigenvalue weighted by atomic mass is 9.69. The second-order valence-corrected chi connectivity index (χ2v) is 8.77. The molecule has 10 nitrogen and oxygen atoms in total. The maximum Gasteiger partial charge on any atom is 0.330 e. The molecular formula is C30H28O10. The zero-order valence-corrected chi connectivity index (χ0v) is 21.9. The Labute approximate surface area is 230 Å². The minimum atomic E-state index is -2.54. The fourth-order valence-corrected chi connectivity index (χ4v) is 4.01. The Morgan fingerprint density at radius 1 is 0.725 bits per heavy atom. The maximum atomic E-state index is 13.5. The van der Waals surface area contributed by atoms with Crippen LogP contribution in [0.25, 0.3) is 0 Å². The summed E-state index contributed by atoms with van der Waals surface area (Å²) in [5.74, 6) is -5.36. The van der Waals surface area contributed by atoms with Crippen LogP contribution in [0.5, 0.6) is 11.5 Å². The van der Waals surface area contributed by atoms with Crippen molar-refractivity contribution in [3.05, 3.63) is 96.1 Å². The zero-order valence-electron chi connectivity index (χ0n) is 21.9. The fourth-order valence-electron chi connectivity index (χ4n) is 4.01. The summed E-state index contributed by atoms with van der Waals surface area (Å²) in [5, 5.41) is 10.4. The van der Waals surface area contributed by atoms with Crippen LogP contribution in [0.15, 0.2) is 84.9 Å². The number of carboxylic acids is 1. The van der Waals surface area contributed by atoms with Crippen molar-refractivity contribution in [2.75, 3.05) is 13.4 Å². The molecule has 0 saturated carbocycles. The number of benzene rings is 3. The first-order valence-corrected chi connectivity index (χ1v) is 12.2. The molecule has 0 saturated heterocycles. The number of carboxylic acid groups (broad SMARTS) is 1. The summed E-state index contributed by atoms with van der Waals surface area (Å²) in [4.78, 5) is 62.4. The smallest absolute Gasteiger partial charge is 0.330 e. The summed E-state index contributed by atoms with van der Waals surface area (Å²) < 4.78 is 20.4. The van der Waals surface area contributed by atoms with Gasteiger partial charge in [0, 0.05) is 31.7 Å². The highest BCUT2D eigenvalue weighted by Crippen LogP contribution is 2.42. The third kappa shape index (κ3) is 7.53. The summed E-state index contributed by atoms with van der Waals surface area (Å²) >= 11 is 0. The van der Waals surface area contributed by atoms with Crippen molar-refractivity contribution in [1.29, 1.82) is 0 Å². The minimum absolute atomic E-state index is 0.237. The van der Waals surface area contributed by atoms with Crippen molar-refractivity contribution < 1.29 is 48.0 Å². The van der Waals surface area contributed by atoms with Crippen molar-refractivity contribution in [3.8, 4) is 11.5 Å². The molecule has 3 aromatic carbocycles. The van der Waals surface area contributed by atoms with E-state index in [9.17, 15) is 29.1 Å². The summed E-state index contributed by atoms with van der Waals surface area (Å²) in [6.07, 6.45) is -0.459. The maximum absolute atomic E-state index is 13.5. The Morgan fingerprint density at radius 2 is 1.27 bits per heavy atom. The number of aliphatic carboxylic acids is 1. The van der Waals surface area contributed by atoms with Gasteiger partial charge in [-0.05, 0) is 42.0 Å². The molecule has 0 radical (unpaired) electrons. The first kappa shape index (κ1) is 29.6. The molecule has 208 valence electrons. The van der Waals surface area contributed by atoms with Gasteiger partial charge < -0.3 is 24.1 Å². The summed E-state index contributed by atoms with van der Waals surface area (Å²) in [6, 6.07) is 23.3. The van der Waals surface area contributed by atoms with Gasteiger partial charge in [-0.2, -0.15) is 0 Å². The Kier molecular flexibility index (Phi) is 10.1. The predicted octanol–water partition coefficient (Wildman–Crippen LogP) is 4.53. The van der Waals surface area contributed by atoms with Gasteiger partial charge in [-0.3, -0.25) is 24.0 Å². The first-order valence-electron chi connectivity index (χ1n) is 12.2. The van der Waals surface area contributed by atoms with Gasteiger partial charge in [-0.25, -0.2) is 0 Å². The van der Waals surface area contributed by atoms with Crippen molar-refractivity contribution in [1.82, 2.24) is 0 Å². The Morgan fingerprint density at radius 3 is 1.82 bits per heavy atom. The van der Waals surface area contributed by atoms with Crippen molar-refractivity contribution in [2.45, 2.75) is 26.2 Å². The lowest BCUT2D eigenvalue weighted by Crippen LogP contribution is -2.50. The molecule has 1 N–H and O–H groups in total. The average Bonchev–Trinajstić information content (AvgIpc) is 2.93. The number of hydrogen-bond donors (Lipinski definition) is 1. The van der Waals surface area contributed by atoms with Gasteiger partial charge in [0.2, 0.25) is 12.2 Å². The average molecular weight is 549 g/mol. The van der Waals surface area contributed by atoms with E-state index in [0.717, 1.165) is 13.8 Å². The molecule has 0 aliphatic carbocycles. The van der Waals surface area contributed by atoms with Crippen LogP contribution < -0.4 is 4.74 Å². The normalized spacial score (nSPS) is 12.8. The van der Waals surface area contributed by atoms with E-state index < -0.39 is 60.8 Å². The van der Waals surface area contributed by atoms with Gasteiger partial charge in [-0.1, -0.05) is 48.5 Å². The Balaban J connectivity index is 1.97. The van der Waals surface area contributed by atoms with Crippen molar-refractivity contribution in [2.24, 2.45) is 5.41 Å². The molecule has 0 aliphatic heterocycles. The molecule has 0 amide bonds. The lowest BCUT2D eigenvalue weighted by Gasteiger charge is -2.34. The van der Waals surface area contributed by atoms with Crippen LogP contribution in [0.1, 0.15) is 42.1 Å². The highest BCUT2D eigenvalue weighted by Gasteiger charge is 2.56. The lowest BCUT2D eigenvalue weighted by molar-refractivity contribution is -0.186. The molecule has 10 heteroatoms. The van der Waals surface area contributed by atoms with E-state index in [-0.39, 0.29) is 5.56 Å². The number of hydrogen-bond acceptors (Lipinski definition) is 9. The number of Topliss-reactive ketones (excluding diaryl/α,β-unsaturated/α-hetero) is 1. The molecule has 0 aromatic heterocycles. The highest BCUT2D eigenvalue weighted by atomic mass is 16.7. The number of rotatable bonds is 13. The van der Waals surface area contributed by atoms with E-state index in [1.165, 1.54) is 12.1 Å². The topological polar surface area (TPSA) is 142 Å². The molecule has 3 aromatic rings. The monoisotopic (exact) mass is 548 g/mol. The van der Waals surface area contributed by atoms with Gasteiger partial charge in [0.1, 0.15) is 18.1 Å². The Hall–Kier alpha value is -4.99. The van der Waals surface area contributed by atoms with Crippen LogP contribution in [0, 0.1) is 5.41 Å². The van der Waals surface area contributed by atoms with E-state index in [2.05, 4.69) is 4.74 Å². The number of carbonyl (C=O) groups excluding carboxylic acids is 4. The van der Waals surface area contributed by atoms with Gasteiger partial charge >= 0.3 is 23.9 Å². The van der Waals surface area contributed by atoms with Gasteiger partial charge in [0.05, 0.1) is 0 Å². The summed E-state index contributed by atoms with van der Waals surface area (Å²) in [6.45, 7) is 0.353. The van der Waals surface area contributed by atoms with Crippen molar-refractivity contribution >= 4 is 29.7 Å². The standard InChI is InChI=1S/C30H28O10/c1-20(31)37-18-30(28(34)35,29(36)39-19-38-21(2)32)26(22-9-5-3-6-10-22)17-27(33)23-13-15-25(16-14-23)40-24-11-7-4-8-12-24/h3-16,26H,17-19H2,1-2H3,(H,34,35). The third-order valence-electron chi connectivity index (χ3n) is 6.04. The largest absolute Gasteiger partial charge is 0.480 e. The van der Waals surface area contributed by atoms with Crippen LogP contribution in [-0.4, -0.2) is 48.2 Å². The van der Waals surface area contributed by atoms with Gasteiger partial charge in [-0.15, -0.1) is 0 Å². The summed E-state index contributed by atoms with van der Waals surface area (Å²) in [5.41, 5.74) is -1.99. The second-order valence-electron chi connectivity index (χ2n) is 8.77. The molecule has 0 fully saturated rings. The molecule has 0 heterocycles. The second kappa shape index (κ2) is 13.7. The SMILES string of the molecule is CC(=O)OCOC(=O)C(COC(C)=O)(C(=O)O)C(CC(=O)c1ccc(Oc2ccccc2)cc1)c1ccccc1. The van der Waals surface area contributed by atoms with Crippen LogP contribution in [0.4, 0.5) is 0 Å². The number of para-hydroxylation sites is 1. The molecular weight excluding hydrogens is 520 g/mol. The van der Waals surface area contributed by atoms with E-state index in [1.54, 1.807) is 54.6 Å². The van der Waals surface area contributed by atoms with Crippen molar-refractivity contribution in [3.63, 3.8) is 0 Å². The third-order valence-corrected chi connectivity index (χ3v) is 6.04. The number of ketones is 1. The molecule has 3 rings (SSSR count). The van der Waals surface area contributed by atoms with Crippen LogP contribution in [-0.2, 0) is 33.4 Å². The molecule has 0 bridgehead atoms. The number of carbonyl (C=O) groups is 5. The van der Waals surface area contributed by atoms with E-state index >= 15 is 0 Å². The highest BCUT2D eigenvalue weighted by molar-refractivity contribution is 6.03. The van der Waals surface area contributed by atoms with Gasteiger partial charge in [0.15, 0.2) is 5.78 Å². The number of ether oxygens (including phenoxy) is 4. The predicted molar refractivity (Wildman–Crippen MR) is 141 cm³/mol. The molecule has 2 atom stereocenters. The molecule has 0 spiro atoms. The quantitative estimate of drug-likeness (QED) is 0.140. The van der Waals surface area contributed by atoms with E-state index in [4.69, 9.17) is 14.2 Å². The Bertz CT molecular complexity index is 1340. The van der Waals surface area contributed by atoms with Crippen LogP contribution in [0.3, 0.4) is 0 Å². The van der Waals surface area contributed by atoms with E-state index in [0.29, 0.717) is 17.1 Å². The first-order chi connectivity index (χ1) is 19.1. The fraction of sp³-hybridized carbons (Fsp3) is 0.233. The number of esters is 3. The minimum Gasteiger partial charge on any atom is -0.480 e. The zero-order chi connectivity index (χ0) is 29.1. The van der Waals surface area contributed by atoms with Crippen LogP contribution >= 0.6 is 0 Å².